The predicted octanol–water partition coefficient (Wildman–Crippen LogP) is 4.44. The van der Waals surface area contributed by atoms with Crippen molar-refractivity contribution in [3.63, 3.8) is 0 Å². The normalized spacial score (nSPS) is 15.1. The Labute approximate surface area is 151 Å². The molecule has 0 aromatic rings. The molecule has 0 aliphatic rings. The second-order valence-electron chi connectivity index (χ2n) is 7.71. The first-order valence-electron chi connectivity index (χ1n) is 7.64. The number of esters is 1. The number of alkyl carbamates (subject to hydrolysis) is 1. The van der Waals surface area contributed by atoms with Gasteiger partial charge < -0.3 is 14.8 Å². The molecule has 0 aliphatic heterocycles. The van der Waals surface area contributed by atoms with Gasteiger partial charge in [-0.25, -0.2) is 9.59 Å². The molecule has 1 amide bonds. The molecular formula is C15H22F7NO4. The van der Waals surface area contributed by atoms with Crippen molar-refractivity contribution < 1.29 is 49.8 Å². The van der Waals surface area contributed by atoms with Crippen LogP contribution in [-0.2, 0) is 14.3 Å². The summed E-state index contributed by atoms with van der Waals surface area (Å²) in [5.74, 6) is -13.8. The molecule has 0 radical (unpaired) electrons. The van der Waals surface area contributed by atoms with Crippen molar-refractivity contribution in [1.29, 1.82) is 0 Å². The molecule has 0 aromatic heterocycles. The van der Waals surface area contributed by atoms with Gasteiger partial charge in [-0.05, 0) is 41.5 Å². The van der Waals surface area contributed by atoms with Gasteiger partial charge in [-0.15, -0.1) is 0 Å². The number of hydrogen-bond acceptors (Lipinski definition) is 4. The smallest absolute Gasteiger partial charge is 0.458 e. The number of halogens is 7. The Morgan fingerprint density at radius 1 is 0.815 bits per heavy atom. The van der Waals surface area contributed by atoms with E-state index in [1.807, 2.05) is 0 Å². The van der Waals surface area contributed by atoms with Crippen LogP contribution >= 0.6 is 0 Å². The molecule has 0 aliphatic carbocycles. The summed E-state index contributed by atoms with van der Waals surface area (Å²) in [6.45, 7) is 8.04. The Morgan fingerprint density at radius 3 is 1.56 bits per heavy atom. The molecule has 1 N–H and O–H groups in total. The molecule has 0 rings (SSSR count). The Hall–Kier alpha value is -1.75. The SMILES string of the molecule is CC(C)(C)OC(=O)NC(CC(F)(F)C(F)(F)C(F)(F)F)C(=O)OC(C)(C)C. The second kappa shape index (κ2) is 7.70. The third-order valence-corrected chi connectivity index (χ3v) is 2.66. The first kappa shape index (κ1) is 25.2. The van der Waals surface area contributed by atoms with Gasteiger partial charge in [0.15, 0.2) is 0 Å². The third-order valence-electron chi connectivity index (χ3n) is 2.66. The van der Waals surface area contributed by atoms with E-state index in [0.717, 1.165) is 0 Å². The van der Waals surface area contributed by atoms with Gasteiger partial charge in [0.05, 0.1) is 0 Å². The largest absolute Gasteiger partial charge is 0.459 e. The number of amides is 1. The molecular weight excluding hydrogens is 391 g/mol. The van der Waals surface area contributed by atoms with Crippen LogP contribution in [0.25, 0.3) is 0 Å². The average molecular weight is 413 g/mol. The molecule has 0 spiro atoms. The number of alkyl halides is 7. The van der Waals surface area contributed by atoms with Crippen LogP contribution in [0.3, 0.4) is 0 Å². The number of nitrogens with one attached hydrogen (secondary N) is 1. The van der Waals surface area contributed by atoms with Crippen molar-refractivity contribution >= 4 is 12.1 Å². The van der Waals surface area contributed by atoms with Crippen LogP contribution in [0.2, 0.25) is 0 Å². The maximum absolute atomic E-state index is 13.7. The summed E-state index contributed by atoms with van der Waals surface area (Å²) in [4.78, 5) is 23.6. The van der Waals surface area contributed by atoms with Crippen molar-refractivity contribution in [2.75, 3.05) is 0 Å². The van der Waals surface area contributed by atoms with Gasteiger partial charge in [-0.2, -0.15) is 30.7 Å². The maximum Gasteiger partial charge on any atom is 0.459 e. The lowest BCUT2D eigenvalue weighted by atomic mass is 10.0. The first-order valence-corrected chi connectivity index (χ1v) is 7.64. The molecule has 0 fully saturated rings. The van der Waals surface area contributed by atoms with Crippen LogP contribution in [0.5, 0.6) is 0 Å². The molecule has 0 heterocycles. The zero-order valence-electron chi connectivity index (χ0n) is 15.6. The zero-order valence-corrected chi connectivity index (χ0v) is 15.6. The molecule has 0 saturated carbocycles. The zero-order chi connectivity index (χ0) is 22.1. The van der Waals surface area contributed by atoms with E-state index >= 15 is 0 Å². The quantitative estimate of drug-likeness (QED) is 0.535. The number of carbonyl (C=O) groups is 2. The lowest BCUT2D eigenvalue weighted by molar-refractivity contribution is -0.356. The fraction of sp³-hybridized carbons (Fsp3) is 0.867. The molecule has 12 heteroatoms. The van der Waals surface area contributed by atoms with E-state index in [4.69, 9.17) is 9.47 Å². The van der Waals surface area contributed by atoms with Crippen LogP contribution in [0.1, 0.15) is 48.0 Å². The fourth-order valence-electron chi connectivity index (χ4n) is 1.61. The second-order valence-corrected chi connectivity index (χ2v) is 7.71. The molecule has 0 aromatic carbocycles. The number of carbonyl (C=O) groups excluding carboxylic acids is 2. The van der Waals surface area contributed by atoms with E-state index in [0.29, 0.717) is 0 Å². The predicted molar refractivity (Wildman–Crippen MR) is 79.6 cm³/mol. The first-order chi connectivity index (χ1) is 11.6. The Morgan fingerprint density at radius 2 is 1.22 bits per heavy atom. The van der Waals surface area contributed by atoms with Crippen LogP contribution < -0.4 is 5.32 Å². The van der Waals surface area contributed by atoms with Crippen LogP contribution in [-0.4, -0.2) is 47.3 Å². The molecule has 160 valence electrons. The summed E-state index contributed by atoms with van der Waals surface area (Å²) in [6.07, 6.45) is -10.4. The highest BCUT2D eigenvalue weighted by Gasteiger charge is 2.73. The number of ether oxygens (including phenoxy) is 2. The van der Waals surface area contributed by atoms with Gasteiger partial charge in [0.25, 0.3) is 0 Å². The molecule has 1 unspecified atom stereocenters. The fourth-order valence-corrected chi connectivity index (χ4v) is 1.61. The van der Waals surface area contributed by atoms with Crippen LogP contribution in [0, 0.1) is 0 Å². The highest BCUT2D eigenvalue weighted by atomic mass is 19.4. The minimum absolute atomic E-state index is 1.15. The standard InChI is InChI=1S/C15H22F7NO4/c1-11(2,3)26-9(24)8(23-10(25)27-12(4,5)6)7-13(16,17)14(18,19)15(20,21)22/h8H,7H2,1-6H3,(H,23,25). The van der Waals surface area contributed by atoms with Gasteiger partial charge in [-0.3, -0.25) is 0 Å². The summed E-state index contributed by atoms with van der Waals surface area (Å²) < 4.78 is 99.8. The molecule has 1 atom stereocenters. The Balaban J connectivity index is 5.66. The Kier molecular flexibility index (Phi) is 7.20. The summed E-state index contributed by atoms with van der Waals surface area (Å²) in [5, 5.41) is 1.56. The lowest BCUT2D eigenvalue weighted by Crippen LogP contribution is -2.57. The highest BCUT2D eigenvalue weighted by molar-refractivity contribution is 5.81. The van der Waals surface area contributed by atoms with Crippen molar-refractivity contribution in [3.05, 3.63) is 0 Å². The molecule has 0 bridgehead atoms. The van der Waals surface area contributed by atoms with Crippen molar-refractivity contribution in [1.82, 2.24) is 5.32 Å². The van der Waals surface area contributed by atoms with Gasteiger partial charge >= 0.3 is 30.1 Å². The lowest BCUT2D eigenvalue weighted by Gasteiger charge is -2.32. The molecule has 0 saturated heterocycles. The van der Waals surface area contributed by atoms with E-state index in [9.17, 15) is 40.3 Å². The number of hydrogen-bond donors (Lipinski definition) is 1. The minimum Gasteiger partial charge on any atom is -0.458 e. The topological polar surface area (TPSA) is 64.6 Å². The van der Waals surface area contributed by atoms with Crippen molar-refractivity contribution in [2.45, 2.75) is 83.2 Å². The van der Waals surface area contributed by atoms with Gasteiger partial charge in [0.1, 0.15) is 17.2 Å². The van der Waals surface area contributed by atoms with E-state index in [2.05, 4.69) is 0 Å². The summed E-state index contributed by atoms with van der Waals surface area (Å²) in [6, 6.07) is -2.51. The van der Waals surface area contributed by atoms with Crippen molar-refractivity contribution in [3.8, 4) is 0 Å². The molecule has 27 heavy (non-hydrogen) atoms. The monoisotopic (exact) mass is 413 g/mol. The van der Waals surface area contributed by atoms with Crippen LogP contribution in [0.15, 0.2) is 0 Å². The highest BCUT2D eigenvalue weighted by Crippen LogP contribution is 2.48. The van der Waals surface area contributed by atoms with Gasteiger partial charge in [0.2, 0.25) is 0 Å². The molecule has 5 nitrogen and oxygen atoms in total. The summed E-state index contributed by atoms with van der Waals surface area (Å²) >= 11 is 0. The van der Waals surface area contributed by atoms with Crippen LogP contribution in [0.4, 0.5) is 35.5 Å². The van der Waals surface area contributed by atoms with E-state index in [-0.39, 0.29) is 0 Å². The third kappa shape index (κ3) is 7.79. The average Bonchev–Trinajstić information content (AvgIpc) is 2.31. The maximum atomic E-state index is 13.7. The van der Waals surface area contributed by atoms with Gasteiger partial charge in [0, 0.05) is 6.42 Å². The van der Waals surface area contributed by atoms with E-state index < -0.39 is 53.7 Å². The van der Waals surface area contributed by atoms with Crippen molar-refractivity contribution in [2.24, 2.45) is 0 Å². The number of rotatable bonds is 5. The summed E-state index contributed by atoms with van der Waals surface area (Å²) in [5.41, 5.74) is -2.44. The van der Waals surface area contributed by atoms with E-state index in [1.54, 1.807) is 5.32 Å². The van der Waals surface area contributed by atoms with Gasteiger partial charge in [-0.1, -0.05) is 0 Å². The van der Waals surface area contributed by atoms with E-state index in [1.165, 1.54) is 41.5 Å². The summed E-state index contributed by atoms with van der Waals surface area (Å²) in [7, 11) is 0. The Bertz CT molecular complexity index is 548. The minimum atomic E-state index is -6.57.